The highest BCUT2D eigenvalue weighted by atomic mass is 35.5. The summed E-state index contributed by atoms with van der Waals surface area (Å²) in [5.41, 5.74) is 0.00228. The Morgan fingerprint density at radius 1 is 1.31 bits per heavy atom. The molecule has 1 atom stereocenters. The van der Waals surface area contributed by atoms with Crippen molar-refractivity contribution in [2.75, 3.05) is 5.88 Å². The predicted octanol–water partition coefficient (Wildman–Crippen LogP) is 4.16. The SMILES string of the molecule is CC(CCl)(Cc1c(F)cccc1F)C1CC1. The lowest BCUT2D eigenvalue weighted by Gasteiger charge is -2.27. The Bertz CT molecular complexity index is 367. The minimum atomic E-state index is -0.461. The lowest BCUT2D eigenvalue weighted by molar-refractivity contribution is 0.304. The zero-order chi connectivity index (χ0) is 11.8. The summed E-state index contributed by atoms with van der Waals surface area (Å²) < 4.78 is 27.0. The summed E-state index contributed by atoms with van der Waals surface area (Å²) >= 11 is 5.95. The van der Waals surface area contributed by atoms with Gasteiger partial charge in [-0.2, -0.15) is 0 Å². The van der Waals surface area contributed by atoms with Crippen molar-refractivity contribution in [3.8, 4) is 0 Å². The van der Waals surface area contributed by atoms with Crippen LogP contribution in [0.2, 0.25) is 0 Å². The van der Waals surface area contributed by atoms with Gasteiger partial charge in [-0.1, -0.05) is 13.0 Å². The van der Waals surface area contributed by atoms with E-state index in [9.17, 15) is 8.78 Å². The molecule has 16 heavy (non-hydrogen) atoms. The van der Waals surface area contributed by atoms with Gasteiger partial charge in [0.1, 0.15) is 11.6 Å². The van der Waals surface area contributed by atoms with E-state index < -0.39 is 11.6 Å². The van der Waals surface area contributed by atoms with Crippen LogP contribution in [0, 0.1) is 23.0 Å². The van der Waals surface area contributed by atoms with Gasteiger partial charge in [-0.3, -0.25) is 0 Å². The number of halogens is 3. The van der Waals surface area contributed by atoms with Crippen LogP contribution in [0.5, 0.6) is 0 Å². The standard InChI is InChI=1S/C13H15ClF2/c1-13(8-14,9-5-6-9)7-10-11(15)3-2-4-12(10)16/h2-4,9H,5-8H2,1H3. The molecule has 0 spiro atoms. The lowest BCUT2D eigenvalue weighted by atomic mass is 9.80. The number of hydrogen-bond donors (Lipinski definition) is 0. The van der Waals surface area contributed by atoms with E-state index >= 15 is 0 Å². The second-order valence-corrected chi connectivity index (χ2v) is 5.21. The third-order valence-corrected chi connectivity index (χ3v) is 4.12. The molecule has 3 heteroatoms. The number of rotatable bonds is 4. The summed E-state index contributed by atoms with van der Waals surface area (Å²) in [5.74, 6) is 0.0452. The van der Waals surface area contributed by atoms with Gasteiger partial charge in [0.15, 0.2) is 0 Å². The molecule has 2 rings (SSSR count). The normalized spacial score (nSPS) is 19.5. The average molecular weight is 245 g/mol. The first-order chi connectivity index (χ1) is 7.57. The Morgan fingerprint density at radius 3 is 2.31 bits per heavy atom. The number of benzene rings is 1. The van der Waals surface area contributed by atoms with Crippen molar-refractivity contribution in [2.45, 2.75) is 26.2 Å². The molecule has 1 aliphatic rings. The van der Waals surface area contributed by atoms with Crippen molar-refractivity contribution in [2.24, 2.45) is 11.3 Å². The first-order valence-corrected chi connectivity index (χ1v) is 6.09. The number of alkyl halides is 1. The van der Waals surface area contributed by atoms with E-state index in [1.807, 2.05) is 6.92 Å². The van der Waals surface area contributed by atoms with Gasteiger partial charge in [-0.15, -0.1) is 11.6 Å². The minimum Gasteiger partial charge on any atom is -0.207 e. The van der Waals surface area contributed by atoms with Crippen LogP contribution in [-0.4, -0.2) is 5.88 Å². The van der Waals surface area contributed by atoms with Gasteiger partial charge >= 0.3 is 0 Å². The zero-order valence-electron chi connectivity index (χ0n) is 9.27. The molecule has 0 aliphatic heterocycles. The first-order valence-electron chi connectivity index (χ1n) is 5.56. The third kappa shape index (κ3) is 2.22. The van der Waals surface area contributed by atoms with Gasteiger partial charge in [-0.25, -0.2) is 8.78 Å². The zero-order valence-corrected chi connectivity index (χ0v) is 10.0. The van der Waals surface area contributed by atoms with E-state index in [2.05, 4.69) is 0 Å². The van der Waals surface area contributed by atoms with E-state index in [1.54, 1.807) is 0 Å². The fraction of sp³-hybridized carbons (Fsp3) is 0.538. The van der Waals surface area contributed by atoms with E-state index in [-0.39, 0.29) is 11.0 Å². The van der Waals surface area contributed by atoms with Crippen molar-refractivity contribution < 1.29 is 8.78 Å². The summed E-state index contributed by atoms with van der Waals surface area (Å²) in [5, 5.41) is 0. The van der Waals surface area contributed by atoms with Crippen molar-refractivity contribution in [3.05, 3.63) is 35.4 Å². The summed E-state index contributed by atoms with van der Waals surface area (Å²) in [6.45, 7) is 2.02. The van der Waals surface area contributed by atoms with Crippen molar-refractivity contribution in [1.29, 1.82) is 0 Å². The Hall–Kier alpha value is -0.630. The third-order valence-electron chi connectivity index (χ3n) is 3.51. The summed E-state index contributed by atoms with van der Waals surface area (Å²) in [7, 11) is 0. The molecule has 1 aromatic carbocycles. The smallest absolute Gasteiger partial charge is 0.129 e. The minimum absolute atomic E-state index is 0.176. The molecule has 0 heterocycles. The maximum Gasteiger partial charge on any atom is 0.129 e. The van der Waals surface area contributed by atoms with Crippen LogP contribution >= 0.6 is 11.6 Å². The van der Waals surface area contributed by atoms with Crippen LogP contribution in [0.4, 0.5) is 8.78 Å². The van der Waals surface area contributed by atoms with Crippen molar-refractivity contribution >= 4 is 11.6 Å². The van der Waals surface area contributed by atoms with Gasteiger partial charge < -0.3 is 0 Å². The quantitative estimate of drug-likeness (QED) is 0.698. The number of hydrogen-bond acceptors (Lipinski definition) is 0. The fourth-order valence-electron chi connectivity index (χ4n) is 2.19. The Kier molecular flexibility index (Phi) is 3.20. The van der Waals surface area contributed by atoms with E-state index in [0.717, 1.165) is 12.8 Å². The molecule has 0 N–H and O–H groups in total. The molecule has 1 fully saturated rings. The van der Waals surface area contributed by atoms with Crippen LogP contribution in [0.1, 0.15) is 25.3 Å². The molecule has 0 aromatic heterocycles. The molecule has 88 valence electrons. The highest BCUT2D eigenvalue weighted by Gasteiger charge is 2.41. The van der Waals surface area contributed by atoms with Crippen LogP contribution in [0.25, 0.3) is 0 Å². The molecule has 0 radical (unpaired) electrons. The molecule has 0 amide bonds. The largest absolute Gasteiger partial charge is 0.207 e. The first kappa shape index (κ1) is 11.8. The van der Waals surface area contributed by atoms with Crippen LogP contribution in [0.3, 0.4) is 0 Å². The van der Waals surface area contributed by atoms with Crippen molar-refractivity contribution in [3.63, 3.8) is 0 Å². The molecular weight excluding hydrogens is 230 g/mol. The molecule has 0 saturated heterocycles. The molecule has 1 aromatic rings. The molecule has 1 saturated carbocycles. The van der Waals surface area contributed by atoms with Crippen LogP contribution in [0.15, 0.2) is 18.2 Å². The molecule has 1 aliphatic carbocycles. The lowest BCUT2D eigenvalue weighted by Crippen LogP contribution is -2.25. The average Bonchev–Trinajstić information content (AvgIpc) is 3.07. The molecule has 0 bridgehead atoms. The maximum absolute atomic E-state index is 13.5. The van der Waals surface area contributed by atoms with Crippen molar-refractivity contribution in [1.82, 2.24) is 0 Å². The second-order valence-electron chi connectivity index (χ2n) is 4.94. The topological polar surface area (TPSA) is 0 Å². The Labute approximate surface area is 99.6 Å². The van der Waals surface area contributed by atoms with Gasteiger partial charge in [0.2, 0.25) is 0 Å². The summed E-state index contributed by atoms with van der Waals surface area (Å²) in [6.07, 6.45) is 2.64. The predicted molar refractivity (Wildman–Crippen MR) is 61.6 cm³/mol. The van der Waals surface area contributed by atoms with Gasteiger partial charge in [0, 0.05) is 11.4 Å². The second kappa shape index (κ2) is 4.33. The fourth-order valence-corrected chi connectivity index (χ4v) is 2.50. The Balaban J connectivity index is 2.25. The monoisotopic (exact) mass is 244 g/mol. The highest BCUT2D eigenvalue weighted by molar-refractivity contribution is 6.18. The molecule has 0 nitrogen and oxygen atoms in total. The van der Waals surface area contributed by atoms with Gasteiger partial charge in [-0.05, 0) is 42.7 Å². The van der Waals surface area contributed by atoms with E-state index in [0.29, 0.717) is 18.2 Å². The Morgan fingerprint density at radius 2 is 1.88 bits per heavy atom. The molecular formula is C13H15ClF2. The van der Waals surface area contributed by atoms with E-state index in [1.165, 1.54) is 18.2 Å². The van der Waals surface area contributed by atoms with Gasteiger partial charge in [0.25, 0.3) is 0 Å². The maximum atomic E-state index is 13.5. The van der Waals surface area contributed by atoms with Gasteiger partial charge in [0.05, 0.1) is 0 Å². The summed E-state index contributed by atoms with van der Waals surface area (Å²) in [6, 6.07) is 4.00. The van der Waals surface area contributed by atoms with E-state index in [4.69, 9.17) is 11.6 Å². The summed E-state index contributed by atoms with van der Waals surface area (Å²) in [4.78, 5) is 0. The highest BCUT2D eigenvalue weighted by Crippen LogP contribution is 2.48. The van der Waals surface area contributed by atoms with Crippen LogP contribution < -0.4 is 0 Å². The van der Waals surface area contributed by atoms with Crippen LogP contribution in [-0.2, 0) is 6.42 Å². The molecule has 1 unspecified atom stereocenters.